The minimum atomic E-state index is -0.496. The number of fused-ring (bicyclic) bond motifs is 1. The topological polar surface area (TPSA) is 108 Å². The Morgan fingerprint density at radius 3 is 2.76 bits per heavy atom. The van der Waals surface area contributed by atoms with Crippen molar-refractivity contribution in [3.63, 3.8) is 0 Å². The van der Waals surface area contributed by atoms with Gasteiger partial charge in [-0.05, 0) is 30.8 Å². The number of rotatable bonds is 3. The zero-order valence-electron chi connectivity index (χ0n) is 10.8. The van der Waals surface area contributed by atoms with Gasteiger partial charge in [-0.25, -0.2) is 9.97 Å². The highest BCUT2D eigenvalue weighted by Gasteiger charge is 2.23. The van der Waals surface area contributed by atoms with E-state index in [1.807, 2.05) is 24.3 Å². The monoisotopic (exact) mass is 319 g/mol. The van der Waals surface area contributed by atoms with Gasteiger partial charge in [-0.3, -0.25) is 10.1 Å². The Morgan fingerprint density at radius 1 is 1.29 bits per heavy atom. The van der Waals surface area contributed by atoms with Crippen LogP contribution in [0.1, 0.15) is 5.69 Å². The van der Waals surface area contributed by atoms with Crippen molar-refractivity contribution >= 4 is 45.0 Å². The normalized spacial score (nSPS) is 10.9. The Hall–Kier alpha value is -2.26. The van der Waals surface area contributed by atoms with Crippen molar-refractivity contribution in [1.29, 1.82) is 0 Å². The summed E-state index contributed by atoms with van der Waals surface area (Å²) < 4.78 is 1.69. The van der Waals surface area contributed by atoms with E-state index in [9.17, 15) is 10.1 Å². The molecule has 7 nitrogen and oxygen atoms in total. The zero-order valence-corrected chi connectivity index (χ0v) is 12.4. The van der Waals surface area contributed by atoms with Crippen LogP contribution >= 0.6 is 23.1 Å². The van der Waals surface area contributed by atoms with Crippen LogP contribution in [0.5, 0.6) is 0 Å². The third kappa shape index (κ3) is 2.65. The van der Waals surface area contributed by atoms with Crippen molar-refractivity contribution in [2.45, 2.75) is 16.3 Å². The van der Waals surface area contributed by atoms with Crippen LogP contribution in [0.2, 0.25) is 0 Å². The number of hydrogen-bond acceptors (Lipinski definition) is 8. The Balaban J connectivity index is 2.06. The highest BCUT2D eigenvalue weighted by molar-refractivity contribution is 8.01. The number of nitro groups is 1. The van der Waals surface area contributed by atoms with E-state index in [-0.39, 0.29) is 22.4 Å². The fourth-order valence-electron chi connectivity index (χ4n) is 1.82. The molecule has 0 aliphatic rings. The predicted octanol–water partition coefficient (Wildman–Crippen LogP) is 3.04. The summed E-state index contributed by atoms with van der Waals surface area (Å²) in [5.41, 5.74) is 6.55. The summed E-state index contributed by atoms with van der Waals surface area (Å²) >= 11 is 2.58. The smallest absolute Gasteiger partial charge is 0.322 e. The lowest BCUT2D eigenvalue weighted by Gasteiger charge is -2.03. The first-order valence-electron chi connectivity index (χ1n) is 5.86. The lowest BCUT2D eigenvalue weighted by atomic mass is 10.3. The highest BCUT2D eigenvalue weighted by Crippen LogP contribution is 2.38. The van der Waals surface area contributed by atoms with Gasteiger partial charge in [-0.2, -0.15) is 4.98 Å². The molecule has 0 atom stereocenters. The Kier molecular flexibility index (Phi) is 3.43. The number of thiazole rings is 1. The molecule has 21 heavy (non-hydrogen) atoms. The number of anilines is 1. The number of hydrogen-bond donors (Lipinski definition) is 1. The van der Waals surface area contributed by atoms with E-state index in [1.54, 1.807) is 6.92 Å². The number of para-hydroxylation sites is 1. The molecule has 0 aliphatic heterocycles. The summed E-state index contributed by atoms with van der Waals surface area (Å²) in [4.78, 5) is 22.9. The molecule has 0 amide bonds. The Labute approximate surface area is 127 Å². The molecular weight excluding hydrogens is 310 g/mol. The maximum absolute atomic E-state index is 11.2. The molecule has 0 spiro atoms. The Bertz CT molecular complexity index is 816. The number of nitrogen functional groups attached to an aromatic ring is 1. The number of benzene rings is 1. The van der Waals surface area contributed by atoms with Crippen molar-refractivity contribution in [2.75, 3.05) is 5.73 Å². The second-order valence-corrected chi connectivity index (χ2v) is 6.39. The van der Waals surface area contributed by atoms with E-state index >= 15 is 0 Å². The Morgan fingerprint density at radius 2 is 2.05 bits per heavy atom. The molecular formula is C12H9N5O2S2. The average molecular weight is 319 g/mol. The van der Waals surface area contributed by atoms with Gasteiger partial charge in [0.05, 0.1) is 15.1 Å². The maximum Gasteiger partial charge on any atom is 0.322 e. The molecule has 0 saturated carbocycles. The molecule has 0 bridgehead atoms. The molecule has 0 unspecified atom stereocenters. The molecule has 3 rings (SSSR count). The van der Waals surface area contributed by atoms with Crippen LogP contribution in [0, 0.1) is 17.0 Å². The molecule has 0 radical (unpaired) electrons. The number of nitrogens with zero attached hydrogens (tertiary/aromatic N) is 4. The van der Waals surface area contributed by atoms with Crippen LogP contribution < -0.4 is 5.73 Å². The molecule has 3 aromatic rings. The molecule has 2 aromatic heterocycles. The maximum atomic E-state index is 11.2. The van der Waals surface area contributed by atoms with Gasteiger partial charge in [0.2, 0.25) is 5.95 Å². The summed E-state index contributed by atoms with van der Waals surface area (Å²) in [5.74, 6) is 0.0155. The third-order valence-electron chi connectivity index (χ3n) is 2.68. The molecule has 0 fully saturated rings. The lowest BCUT2D eigenvalue weighted by molar-refractivity contribution is -0.389. The minimum absolute atomic E-state index is 0.0155. The summed E-state index contributed by atoms with van der Waals surface area (Å²) in [6, 6.07) is 7.66. The minimum Gasteiger partial charge on any atom is -0.368 e. The second kappa shape index (κ2) is 5.26. The van der Waals surface area contributed by atoms with Crippen LogP contribution in [-0.2, 0) is 0 Å². The predicted molar refractivity (Wildman–Crippen MR) is 81.6 cm³/mol. The summed E-state index contributed by atoms with van der Waals surface area (Å²) in [6.07, 6.45) is 0. The van der Waals surface area contributed by atoms with Gasteiger partial charge in [-0.1, -0.05) is 12.1 Å². The summed E-state index contributed by atoms with van der Waals surface area (Å²) in [7, 11) is 0. The van der Waals surface area contributed by atoms with E-state index in [4.69, 9.17) is 5.73 Å². The van der Waals surface area contributed by atoms with Crippen LogP contribution in [-0.4, -0.2) is 19.9 Å². The van der Waals surface area contributed by atoms with Crippen molar-refractivity contribution in [3.8, 4) is 0 Å². The molecule has 1 aromatic carbocycles. The van der Waals surface area contributed by atoms with Gasteiger partial charge in [0.25, 0.3) is 0 Å². The first-order chi connectivity index (χ1) is 10.0. The molecule has 0 saturated heterocycles. The van der Waals surface area contributed by atoms with Crippen LogP contribution in [0.25, 0.3) is 10.2 Å². The summed E-state index contributed by atoms with van der Waals surface area (Å²) in [5, 5.41) is 11.4. The zero-order chi connectivity index (χ0) is 15.0. The molecule has 106 valence electrons. The van der Waals surface area contributed by atoms with Gasteiger partial charge in [0.15, 0.2) is 9.37 Å². The van der Waals surface area contributed by atoms with Crippen LogP contribution in [0.3, 0.4) is 0 Å². The van der Waals surface area contributed by atoms with Crippen molar-refractivity contribution in [3.05, 3.63) is 40.1 Å². The first-order valence-corrected chi connectivity index (χ1v) is 7.50. The van der Waals surface area contributed by atoms with E-state index in [0.29, 0.717) is 4.34 Å². The van der Waals surface area contributed by atoms with Crippen LogP contribution in [0.15, 0.2) is 33.6 Å². The van der Waals surface area contributed by atoms with Gasteiger partial charge in [0.1, 0.15) is 5.69 Å². The molecule has 2 heterocycles. The van der Waals surface area contributed by atoms with E-state index in [0.717, 1.165) is 22.0 Å². The van der Waals surface area contributed by atoms with E-state index < -0.39 is 4.92 Å². The third-order valence-corrected chi connectivity index (χ3v) is 4.76. The quantitative estimate of drug-likeness (QED) is 0.449. The van der Waals surface area contributed by atoms with Gasteiger partial charge >= 0.3 is 5.69 Å². The van der Waals surface area contributed by atoms with E-state index in [1.165, 1.54) is 11.3 Å². The summed E-state index contributed by atoms with van der Waals surface area (Å²) in [6.45, 7) is 1.54. The first kappa shape index (κ1) is 13.7. The van der Waals surface area contributed by atoms with Gasteiger partial charge < -0.3 is 5.73 Å². The number of nitrogens with two attached hydrogens (primary N) is 1. The fourth-order valence-corrected chi connectivity index (χ4v) is 3.96. The van der Waals surface area contributed by atoms with Gasteiger partial charge in [0, 0.05) is 0 Å². The van der Waals surface area contributed by atoms with Crippen molar-refractivity contribution < 1.29 is 4.92 Å². The lowest BCUT2D eigenvalue weighted by Crippen LogP contribution is -2.03. The largest absolute Gasteiger partial charge is 0.368 e. The molecule has 0 aliphatic carbocycles. The molecule has 9 heteroatoms. The van der Waals surface area contributed by atoms with E-state index in [2.05, 4.69) is 15.0 Å². The van der Waals surface area contributed by atoms with Crippen molar-refractivity contribution in [1.82, 2.24) is 15.0 Å². The number of aryl methyl sites for hydroxylation is 1. The fraction of sp³-hybridized carbons (Fsp3) is 0.0833. The van der Waals surface area contributed by atoms with Gasteiger partial charge in [-0.15, -0.1) is 11.3 Å². The standard InChI is InChI=1S/C12H9N5O2S2/c1-6-9(17(18)19)10(16-11(13)14-6)21-12-15-7-4-2-3-5-8(7)20-12/h2-5H,1H3,(H2,13,14,16). The molecule has 2 N–H and O–H groups in total. The highest BCUT2D eigenvalue weighted by atomic mass is 32.2. The van der Waals surface area contributed by atoms with Crippen LogP contribution in [0.4, 0.5) is 11.6 Å². The SMILES string of the molecule is Cc1nc(N)nc(Sc2nc3ccccc3s2)c1[N+](=O)[O-]. The van der Waals surface area contributed by atoms with Crippen molar-refractivity contribution in [2.24, 2.45) is 0 Å². The number of aromatic nitrogens is 3. The average Bonchev–Trinajstić information content (AvgIpc) is 2.79. The second-order valence-electron chi connectivity index (χ2n) is 4.13.